The third-order valence-electron chi connectivity index (χ3n) is 4.13. The van der Waals surface area contributed by atoms with Crippen molar-refractivity contribution in [3.05, 3.63) is 48.3 Å². The molecule has 1 aromatic carbocycles. The van der Waals surface area contributed by atoms with Crippen LogP contribution in [0.1, 0.15) is 11.4 Å². The number of hydrogen-bond donors (Lipinski definition) is 1. The highest BCUT2D eigenvalue weighted by molar-refractivity contribution is 5.86. The number of carbonyl (C=O) groups excluding carboxylic acids is 1. The third-order valence-corrected chi connectivity index (χ3v) is 4.13. The molecule has 0 saturated carbocycles. The van der Waals surface area contributed by atoms with E-state index in [1.807, 2.05) is 4.90 Å². The molecule has 1 unspecified atom stereocenters. The van der Waals surface area contributed by atoms with E-state index < -0.39 is 11.7 Å². The summed E-state index contributed by atoms with van der Waals surface area (Å²) in [4.78, 5) is 17.6. The van der Waals surface area contributed by atoms with Crippen molar-refractivity contribution >= 4 is 17.5 Å². The maximum Gasteiger partial charge on any atom is 0.416 e. The van der Waals surface area contributed by atoms with Crippen LogP contribution < -0.4 is 10.2 Å². The van der Waals surface area contributed by atoms with E-state index >= 15 is 0 Å². The number of carbonyl (C=O) groups is 1. The Bertz CT molecular complexity index is 813. The molecule has 1 aliphatic rings. The van der Waals surface area contributed by atoms with E-state index in [0.717, 1.165) is 12.1 Å². The number of alkyl halides is 3. The molecule has 3 rings (SSSR count). The van der Waals surface area contributed by atoms with E-state index in [1.165, 1.54) is 18.2 Å². The molecule has 0 aliphatic carbocycles. The first-order valence-electron chi connectivity index (χ1n) is 8.04. The molecule has 0 spiro atoms. The molecule has 0 saturated heterocycles. The van der Waals surface area contributed by atoms with Gasteiger partial charge in [0.15, 0.2) is 0 Å². The number of fused-ring (bicyclic) bond motifs is 1. The molecule has 26 heavy (non-hydrogen) atoms. The maximum atomic E-state index is 12.8. The molecule has 1 amide bonds. The van der Waals surface area contributed by atoms with E-state index in [-0.39, 0.29) is 11.8 Å². The average molecular weight is 365 g/mol. The number of nitrogens with zero attached hydrogens (tertiary/aromatic N) is 4. The summed E-state index contributed by atoms with van der Waals surface area (Å²) >= 11 is 0. The van der Waals surface area contributed by atoms with Gasteiger partial charge < -0.3 is 10.2 Å². The largest absolute Gasteiger partial charge is 0.416 e. The number of nitrogens with one attached hydrogen (secondary N) is 1. The van der Waals surface area contributed by atoms with Crippen LogP contribution in [0.15, 0.2) is 36.9 Å². The number of hydrogen-bond acceptors (Lipinski definition) is 4. The van der Waals surface area contributed by atoms with Gasteiger partial charge in [0.05, 0.1) is 12.1 Å². The Morgan fingerprint density at radius 3 is 2.65 bits per heavy atom. The Morgan fingerprint density at radius 2 is 2.04 bits per heavy atom. The van der Waals surface area contributed by atoms with Crippen LogP contribution in [0.3, 0.4) is 0 Å². The molecular formula is C17H18F3N5O. The first-order chi connectivity index (χ1) is 12.3. The van der Waals surface area contributed by atoms with Crippen LogP contribution in [0, 0.1) is 12.8 Å². The van der Waals surface area contributed by atoms with Crippen LogP contribution in [-0.4, -0.2) is 33.8 Å². The van der Waals surface area contributed by atoms with Gasteiger partial charge in [-0.05, 0) is 37.3 Å². The number of anilines is 2. The molecule has 138 valence electrons. The number of aryl methyl sites for hydroxylation is 1. The Morgan fingerprint density at radius 1 is 1.35 bits per heavy atom. The van der Waals surface area contributed by atoms with Gasteiger partial charge in [-0.1, -0.05) is 6.58 Å². The van der Waals surface area contributed by atoms with Crippen LogP contribution in [0.25, 0.3) is 0 Å². The van der Waals surface area contributed by atoms with Crippen molar-refractivity contribution in [3.8, 4) is 0 Å². The number of rotatable bonds is 4. The molecule has 9 heteroatoms. The van der Waals surface area contributed by atoms with Crippen molar-refractivity contribution in [3.63, 3.8) is 0 Å². The number of aromatic nitrogens is 3. The van der Waals surface area contributed by atoms with Crippen LogP contribution in [0.5, 0.6) is 0 Å². The summed E-state index contributed by atoms with van der Waals surface area (Å²) < 4.78 is 40.1. The second kappa shape index (κ2) is 6.81. The van der Waals surface area contributed by atoms with Crippen LogP contribution in [0.4, 0.5) is 24.8 Å². The maximum absolute atomic E-state index is 12.8. The number of amides is 1. The van der Waals surface area contributed by atoms with Crippen molar-refractivity contribution < 1.29 is 18.0 Å². The lowest BCUT2D eigenvalue weighted by atomic mass is 10.1. The van der Waals surface area contributed by atoms with E-state index in [0.29, 0.717) is 37.1 Å². The fraction of sp³-hybridized carbons (Fsp3) is 0.353. The topological polar surface area (TPSA) is 63.1 Å². The van der Waals surface area contributed by atoms with Crippen molar-refractivity contribution in [1.29, 1.82) is 0 Å². The van der Waals surface area contributed by atoms with Gasteiger partial charge in [-0.25, -0.2) is 4.68 Å². The van der Waals surface area contributed by atoms with E-state index in [1.54, 1.807) is 11.6 Å². The zero-order valence-electron chi connectivity index (χ0n) is 14.1. The molecule has 6 nitrogen and oxygen atoms in total. The average Bonchev–Trinajstić information content (AvgIpc) is 2.98. The van der Waals surface area contributed by atoms with Gasteiger partial charge in [0.2, 0.25) is 11.9 Å². The fourth-order valence-electron chi connectivity index (χ4n) is 2.91. The smallest absolute Gasteiger partial charge is 0.352 e. The SMILES string of the molecule is C=CC(=O)NCC1CN(c2ccc(C(F)(F)F)cc2)c2nc(C)nn2C1. The minimum atomic E-state index is -4.38. The Kier molecular flexibility index (Phi) is 4.71. The molecule has 1 atom stereocenters. The molecule has 1 N–H and O–H groups in total. The molecule has 2 heterocycles. The van der Waals surface area contributed by atoms with E-state index in [4.69, 9.17) is 0 Å². The van der Waals surface area contributed by atoms with Gasteiger partial charge in [-0.15, -0.1) is 0 Å². The van der Waals surface area contributed by atoms with Crippen LogP contribution >= 0.6 is 0 Å². The Hall–Kier alpha value is -2.84. The van der Waals surface area contributed by atoms with Crippen molar-refractivity contribution in [2.24, 2.45) is 5.92 Å². The summed E-state index contributed by atoms with van der Waals surface area (Å²) in [5.74, 6) is 0.905. The van der Waals surface area contributed by atoms with Crippen molar-refractivity contribution in [2.45, 2.75) is 19.6 Å². The summed E-state index contributed by atoms with van der Waals surface area (Å²) in [5.41, 5.74) is -0.114. The Balaban J connectivity index is 1.86. The zero-order valence-corrected chi connectivity index (χ0v) is 14.1. The molecule has 1 aromatic heterocycles. The molecule has 0 fully saturated rings. The lowest BCUT2D eigenvalue weighted by molar-refractivity contribution is -0.137. The third kappa shape index (κ3) is 3.71. The highest BCUT2D eigenvalue weighted by Gasteiger charge is 2.32. The quantitative estimate of drug-likeness (QED) is 0.847. The number of benzene rings is 1. The fourth-order valence-corrected chi connectivity index (χ4v) is 2.91. The molecule has 1 aliphatic heterocycles. The van der Waals surface area contributed by atoms with Gasteiger partial charge in [0.25, 0.3) is 0 Å². The van der Waals surface area contributed by atoms with E-state index in [2.05, 4.69) is 22.0 Å². The number of halogens is 3. The predicted octanol–water partition coefficient (Wildman–Crippen LogP) is 2.68. The van der Waals surface area contributed by atoms with Gasteiger partial charge in [-0.2, -0.15) is 23.3 Å². The van der Waals surface area contributed by atoms with Crippen LogP contribution in [0.2, 0.25) is 0 Å². The second-order valence-corrected chi connectivity index (χ2v) is 6.11. The predicted molar refractivity (Wildman–Crippen MR) is 89.9 cm³/mol. The van der Waals surface area contributed by atoms with Gasteiger partial charge in [0.1, 0.15) is 5.82 Å². The standard InChI is InChI=1S/C17H18F3N5O/c1-3-15(26)21-8-12-9-24(16-22-11(2)23-25(16)10-12)14-6-4-13(5-7-14)17(18,19)20/h3-7,12H,1,8-10H2,2H3,(H,21,26). The normalized spacial score (nSPS) is 16.9. The van der Waals surface area contributed by atoms with Crippen molar-refractivity contribution in [2.75, 3.05) is 18.0 Å². The highest BCUT2D eigenvalue weighted by atomic mass is 19.4. The molecule has 2 aromatic rings. The summed E-state index contributed by atoms with van der Waals surface area (Å²) in [6, 6.07) is 4.93. The lowest BCUT2D eigenvalue weighted by Gasteiger charge is -2.33. The molecule has 0 radical (unpaired) electrons. The minimum Gasteiger partial charge on any atom is -0.352 e. The molecular weight excluding hydrogens is 347 g/mol. The summed E-state index contributed by atoms with van der Waals surface area (Å²) in [5, 5.41) is 7.08. The second-order valence-electron chi connectivity index (χ2n) is 6.11. The monoisotopic (exact) mass is 365 g/mol. The summed E-state index contributed by atoms with van der Waals surface area (Å²) in [6.45, 7) is 6.63. The highest BCUT2D eigenvalue weighted by Crippen LogP contribution is 2.33. The van der Waals surface area contributed by atoms with Gasteiger partial charge in [-0.3, -0.25) is 4.79 Å². The van der Waals surface area contributed by atoms with Gasteiger partial charge >= 0.3 is 6.18 Å². The van der Waals surface area contributed by atoms with Crippen molar-refractivity contribution in [1.82, 2.24) is 20.1 Å². The zero-order chi connectivity index (χ0) is 18.9. The first-order valence-corrected chi connectivity index (χ1v) is 8.04. The summed E-state index contributed by atoms with van der Waals surface area (Å²) in [6.07, 6.45) is -3.18. The summed E-state index contributed by atoms with van der Waals surface area (Å²) in [7, 11) is 0. The first kappa shape index (κ1) is 18.0. The van der Waals surface area contributed by atoms with Crippen LogP contribution in [-0.2, 0) is 17.5 Å². The van der Waals surface area contributed by atoms with E-state index in [9.17, 15) is 18.0 Å². The minimum absolute atomic E-state index is 0.0230. The molecule has 0 bridgehead atoms. The lowest BCUT2D eigenvalue weighted by Crippen LogP contribution is -2.41. The Labute approximate surface area is 148 Å². The van der Waals surface area contributed by atoms with Gasteiger partial charge in [0, 0.05) is 24.7 Å².